The molecular weight excluding hydrogens is 162 g/mol. The molecule has 2 rings (SSSR count). The maximum atomic E-state index is 11.7. The summed E-state index contributed by atoms with van der Waals surface area (Å²) in [6, 6.07) is 0.309. The molecule has 0 aliphatic heterocycles. The van der Waals surface area contributed by atoms with Crippen molar-refractivity contribution in [1.29, 1.82) is 0 Å². The first-order valence-electron chi connectivity index (χ1n) is 5.55. The minimum Gasteiger partial charge on any atom is -0.327 e. The van der Waals surface area contributed by atoms with Crippen LogP contribution in [-0.4, -0.2) is 11.8 Å². The van der Waals surface area contributed by atoms with E-state index in [1.54, 1.807) is 0 Å². The number of hydrogen-bond donors (Lipinski definition) is 1. The molecule has 0 aromatic carbocycles. The Kier molecular flexibility index (Phi) is 2.68. The van der Waals surface area contributed by atoms with Gasteiger partial charge in [-0.05, 0) is 31.6 Å². The molecule has 0 saturated heterocycles. The van der Waals surface area contributed by atoms with E-state index in [0.29, 0.717) is 23.7 Å². The molecule has 0 aromatic heterocycles. The van der Waals surface area contributed by atoms with E-state index in [1.807, 2.05) is 0 Å². The summed E-state index contributed by atoms with van der Waals surface area (Å²) in [5, 5.41) is 0. The van der Waals surface area contributed by atoms with Crippen LogP contribution in [0.5, 0.6) is 0 Å². The summed E-state index contributed by atoms with van der Waals surface area (Å²) in [6.45, 7) is 0. The quantitative estimate of drug-likeness (QED) is 0.722. The normalized spacial score (nSPS) is 34.5. The third kappa shape index (κ3) is 1.93. The van der Waals surface area contributed by atoms with Crippen LogP contribution in [0.2, 0.25) is 0 Å². The molecule has 2 aliphatic carbocycles. The predicted octanol–water partition coefficient (Wildman–Crippen LogP) is 1.87. The molecule has 2 fully saturated rings. The van der Waals surface area contributed by atoms with Crippen molar-refractivity contribution < 1.29 is 4.79 Å². The molecule has 2 nitrogen and oxygen atoms in total. The second-order valence-electron chi connectivity index (χ2n) is 4.65. The van der Waals surface area contributed by atoms with Crippen LogP contribution in [-0.2, 0) is 4.79 Å². The average molecular weight is 181 g/mol. The molecule has 0 aromatic rings. The van der Waals surface area contributed by atoms with Crippen LogP contribution in [0.15, 0.2) is 0 Å². The highest BCUT2D eigenvalue weighted by molar-refractivity contribution is 5.82. The topological polar surface area (TPSA) is 43.1 Å². The van der Waals surface area contributed by atoms with Crippen molar-refractivity contribution in [2.75, 3.05) is 0 Å². The molecular formula is C11H19NO. The molecule has 2 heteroatoms. The summed E-state index contributed by atoms with van der Waals surface area (Å²) in [5.74, 6) is 1.41. The van der Waals surface area contributed by atoms with Crippen LogP contribution in [0.25, 0.3) is 0 Å². The Hall–Kier alpha value is -0.370. The van der Waals surface area contributed by atoms with Gasteiger partial charge in [-0.2, -0.15) is 0 Å². The summed E-state index contributed by atoms with van der Waals surface area (Å²) < 4.78 is 0. The van der Waals surface area contributed by atoms with Crippen LogP contribution in [0, 0.1) is 11.8 Å². The Bertz CT molecular complexity index is 198. The molecule has 13 heavy (non-hydrogen) atoms. The molecule has 2 unspecified atom stereocenters. The van der Waals surface area contributed by atoms with Gasteiger partial charge < -0.3 is 5.73 Å². The van der Waals surface area contributed by atoms with Gasteiger partial charge in [-0.3, -0.25) is 4.79 Å². The van der Waals surface area contributed by atoms with E-state index in [1.165, 1.54) is 19.3 Å². The fraction of sp³-hybridized carbons (Fsp3) is 0.909. The van der Waals surface area contributed by atoms with E-state index < -0.39 is 0 Å². The SMILES string of the molecule is NC1CCCC1CC(=O)C1CCC1. The highest BCUT2D eigenvalue weighted by Gasteiger charge is 2.31. The maximum Gasteiger partial charge on any atom is 0.136 e. The average Bonchev–Trinajstić information content (AvgIpc) is 2.32. The Morgan fingerprint density at radius 3 is 2.31 bits per heavy atom. The first-order valence-corrected chi connectivity index (χ1v) is 5.55. The zero-order valence-corrected chi connectivity index (χ0v) is 8.17. The lowest BCUT2D eigenvalue weighted by atomic mass is 9.79. The smallest absolute Gasteiger partial charge is 0.136 e. The van der Waals surface area contributed by atoms with Gasteiger partial charge >= 0.3 is 0 Å². The molecule has 0 bridgehead atoms. The number of hydrogen-bond acceptors (Lipinski definition) is 2. The van der Waals surface area contributed by atoms with E-state index in [-0.39, 0.29) is 0 Å². The monoisotopic (exact) mass is 181 g/mol. The van der Waals surface area contributed by atoms with Crippen LogP contribution in [0.4, 0.5) is 0 Å². The number of nitrogens with two attached hydrogens (primary N) is 1. The number of Topliss-reactive ketones (excluding diaryl/α,β-unsaturated/α-hetero) is 1. The van der Waals surface area contributed by atoms with Crippen molar-refractivity contribution >= 4 is 5.78 Å². The van der Waals surface area contributed by atoms with Crippen molar-refractivity contribution in [3.05, 3.63) is 0 Å². The second-order valence-corrected chi connectivity index (χ2v) is 4.65. The fourth-order valence-electron chi connectivity index (χ4n) is 2.47. The number of carbonyl (C=O) groups excluding carboxylic acids is 1. The van der Waals surface area contributed by atoms with Gasteiger partial charge in [0.25, 0.3) is 0 Å². The molecule has 2 atom stereocenters. The Balaban J connectivity index is 1.79. The van der Waals surface area contributed by atoms with E-state index in [2.05, 4.69) is 0 Å². The number of ketones is 1. The van der Waals surface area contributed by atoms with Gasteiger partial charge in [-0.15, -0.1) is 0 Å². The zero-order chi connectivity index (χ0) is 9.26. The van der Waals surface area contributed by atoms with E-state index in [9.17, 15) is 4.79 Å². The zero-order valence-electron chi connectivity index (χ0n) is 8.17. The van der Waals surface area contributed by atoms with Gasteiger partial charge in [-0.1, -0.05) is 12.8 Å². The van der Waals surface area contributed by atoms with Crippen LogP contribution in [0.1, 0.15) is 44.9 Å². The van der Waals surface area contributed by atoms with Gasteiger partial charge in [0.2, 0.25) is 0 Å². The Morgan fingerprint density at radius 2 is 1.85 bits per heavy atom. The van der Waals surface area contributed by atoms with E-state index >= 15 is 0 Å². The third-order valence-corrected chi connectivity index (χ3v) is 3.74. The maximum absolute atomic E-state index is 11.7. The van der Waals surface area contributed by atoms with Gasteiger partial charge in [0.15, 0.2) is 0 Å². The molecule has 74 valence electrons. The lowest BCUT2D eigenvalue weighted by Crippen LogP contribution is -2.30. The Morgan fingerprint density at radius 1 is 1.15 bits per heavy atom. The van der Waals surface area contributed by atoms with E-state index in [0.717, 1.165) is 25.7 Å². The summed E-state index contributed by atoms with van der Waals surface area (Å²) in [5.41, 5.74) is 5.93. The largest absolute Gasteiger partial charge is 0.327 e. The third-order valence-electron chi connectivity index (χ3n) is 3.74. The molecule has 2 N–H and O–H groups in total. The van der Waals surface area contributed by atoms with Gasteiger partial charge in [0.1, 0.15) is 5.78 Å². The van der Waals surface area contributed by atoms with Crippen LogP contribution < -0.4 is 5.73 Å². The van der Waals surface area contributed by atoms with Crippen LogP contribution >= 0.6 is 0 Å². The molecule has 2 aliphatic rings. The molecule has 2 saturated carbocycles. The summed E-state index contributed by atoms with van der Waals surface area (Å²) in [7, 11) is 0. The molecule has 0 radical (unpaired) electrons. The number of rotatable bonds is 3. The van der Waals surface area contributed by atoms with Crippen LogP contribution in [0.3, 0.4) is 0 Å². The van der Waals surface area contributed by atoms with Crippen molar-refractivity contribution in [1.82, 2.24) is 0 Å². The fourth-order valence-corrected chi connectivity index (χ4v) is 2.47. The molecule has 0 heterocycles. The first-order chi connectivity index (χ1) is 6.27. The Labute approximate surface area is 79.9 Å². The highest BCUT2D eigenvalue weighted by Crippen LogP contribution is 2.33. The predicted molar refractivity (Wildman–Crippen MR) is 52.3 cm³/mol. The minimum absolute atomic E-state index is 0.309. The lowest BCUT2D eigenvalue weighted by molar-refractivity contribution is -0.126. The summed E-state index contributed by atoms with van der Waals surface area (Å²) >= 11 is 0. The summed E-state index contributed by atoms with van der Waals surface area (Å²) in [6.07, 6.45) is 7.84. The minimum atomic E-state index is 0.309. The van der Waals surface area contributed by atoms with Crippen molar-refractivity contribution in [2.24, 2.45) is 17.6 Å². The van der Waals surface area contributed by atoms with Crippen molar-refractivity contribution in [3.63, 3.8) is 0 Å². The molecule has 0 amide bonds. The highest BCUT2D eigenvalue weighted by atomic mass is 16.1. The van der Waals surface area contributed by atoms with Gasteiger partial charge in [0.05, 0.1) is 0 Å². The van der Waals surface area contributed by atoms with Crippen molar-refractivity contribution in [2.45, 2.75) is 51.0 Å². The molecule has 0 spiro atoms. The van der Waals surface area contributed by atoms with Gasteiger partial charge in [0, 0.05) is 18.4 Å². The number of carbonyl (C=O) groups is 1. The van der Waals surface area contributed by atoms with Crippen molar-refractivity contribution in [3.8, 4) is 0 Å². The van der Waals surface area contributed by atoms with Gasteiger partial charge in [-0.25, -0.2) is 0 Å². The lowest BCUT2D eigenvalue weighted by Gasteiger charge is -2.25. The standard InChI is InChI=1S/C11H19NO/c12-10-6-2-5-9(10)7-11(13)8-3-1-4-8/h8-10H,1-7,12H2. The summed E-state index contributed by atoms with van der Waals surface area (Å²) in [4.78, 5) is 11.7. The van der Waals surface area contributed by atoms with E-state index in [4.69, 9.17) is 5.73 Å². The second kappa shape index (κ2) is 3.79. The first kappa shape index (κ1) is 9.20.